The van der Waals surface area contributed by atoms with Crippen molar-refractivity contribution in [3.8, 4) is 11.4 Å². The molecule has 2 aromatic rings. The molecule has 1 aliphatic rings. The first kappa shape index (κ1) is 17.0. The van der Waals surface area contributed by atoms with Gasteiger partial charge < -0.3 is 5.11 Å². The normalized spacial score (nSPS) is 14.5. The van der Waals surface area contributed by atoms with E-state index in [1.165, 1.54) is 5.56 Å². The quantitative estimate of drug-likeness (QED) is 0.776. The van der Waals surface area contributed by atoms with E-state index in [-0.39, 0.29) is 6.42 Å². The number of carboxylic acids is 1. The Morgan fingerprint density at radius 3 is 2.96 bits per heavy atom. The maximum Gasteiger partial charge on any atom is 0.303 e. The van der Waals surface area contributed by atoms with Gasteiger partial charge in [0.25, 0.3) is 0 Å². The highest BCUT2D eigenvalue weighted by Crippen LogP contribution is 2.29. The van der Waals surface area contributed by atoms with E-state index in [1.54, 1.807) is 11.8 Å². The molecule has 1 aromatic heterocycles. The first-order valence-corrected chi connectivity index (χ1v) is 9.19. The van der Waals surface area contributed by atoms with Crippen molar-refractivity contribution in [3.05, 3.63) is 29.8 Å². The highest BCUT2D eigenvalue weighted by Gasteiger charge is 2.22. The van der Waals surface area contributed by atoms with Gasteiger partial charge in [-0.15, -0.1) is 10.2 Å². The summed E-state index contributed by atoms with van der Waals surface area (Å²) in [6.45, 7) is 3.84. The molecule has 0 aliphatic carbocycles. The van der Waals surface area contributed by atoms with Gasteiger partial charge in [-0.05, 0) is 25.8 Å². The number of carbonyl (C=O) groups is 1. The molecule has 3 rings (SSSR count). The SMILES string of the molecule is Cc1cccc(-c2nnc3n2CN(CCCCCC(=O)O)CS3)c1. The third-order valence-electron chi connectivity index (χ3n) is 4.08. The number of aromatic nitrogens is 3. The second kappa shape index (κ2) is 7.81. The second-order valence-corrected chi connectivity index (χ2v) is 7.03. The predicted octanol–water partition coefficient (Wildman–Crippen LogP) is 3.22. The summed E-state index contributed by atoms with van der Waals surface area (Å²) >= 11 is 1.71. The molecule has 0 atom stereocenters. The first-order valence-electron chi connectivity index (χ1n) is 8.20. The fourth-order valence-corrected chi connectivity index (χ4v) is 3.74. The van der Waals surface area contributed by atoms with Crippen molar-refractivity contribution >= 4 is 17.7 Å². The van der Waals surface area contributed by atoms with Gasteiger partial charge in [-0.1, -0.05) is 41.9 Å². The van der Waals surface area contributed by atoms with Gasteiger partial charge in [-0.2, -0.15) is 0 Å². The van der Waals surface area contributed by atoms with E-state index in [4.69, 9.17) is 5.11 Å². The van der Waals surface area contributed by atoms with Crippen molar-refractivity contribution in [2.45, 2.75) is 44.4 Å². The number of aliphatic carboxylic acids is 1. The molecule has 0 fully saturated rings. The Morgan fingerprint density at radius 1 is 1.29 bits per heavy atom. The summed E-state index contributed by atoms with van der Waals surface area (Å²) in [6.07, 6.45) is 2.99. The van der Waals surface area contributed by atoms with Gasteiger partial charge in [-0.3, -0.25) is 14.3 Å². The molecule has 0 amide bonds. The molecule has 24 heavy (non-hydrogen) atoms. The van der Waals surface area contributed by atoms with Gasteiger partial charge in [-0.25, -0.2) is 0 Å². The number of unbranched alkanes of at least 4 members (excludes halogenated alkanes) is 2. The van der Waals surface area contributed by atoms with Gasteiger partial charge in [0, 0.05) is 18.5 Å². The zero-order chi connectivity index (χ0) is 16.9. The summed E-state index contributed by atoms with van der Waals surface area (Å²) in [7, 11) is 0. The maximum absolute atomic E-state index is 10.5. The Balaban J connectivity index is 1.61. The third kappa shape index (κ3) is 4.15. The van der Waals surface area contributed by atoms with E-state index in [2.05, 4.69) is 44.8 Å². The predicted molar refractivity (Wildman–Crippen MR) is 93.7 cm³/mol. The molecular weight excluding hydrogens is 324 g/mol. The average molecular weight is 346 g/mol. The summed E-state index contributed by atoms with van der Waals surface area (Å²) in [5.41, 5.74) is 2.31. The lowest BCUT2D eigenvalue weighted by molar-refractivity contribution is -0.137. The van der Waals surface area contributed by atoms with Crippen LogP contribution in [-0.2, 0) is 11.5 Å². The van der Waals surface area contributed by atoms with Crippen molar-refractivity contribution in [3.63, 3.8) is 0 Å². The first-order chi connectivity index (χ1) is 11.6. The Kier molecular flexibility index (Phi) is 5.52. The molecule has 0 radical (unpaired) electrons. The number of thioether (sulfide) groups is 1. The number of hydrogen-bond donors (Lipinski definition) is 1. The Hall–Kier alpha value is -1.86. The van der Waals surface area contributed by atoms with Gasteiger partial charge in [0.05, 0.1) is 12.5 Å². The van der Waals surface area contributed by atoms with Crippen molar-refractivity contribution in [2.24, 2.45) is 0 Å². The molecule has 0 bridgehead atoms. The fourth-order valence-electron chi connectivity index (χ4n) is 2.83. The molecule has 0 spiro atoms. The zero-order valence-corrected chi connectivity index (χ0v) is 14.6. The lowest BCUT2D eigenvalue weighted by Crippen LogP contribution is -2.31. The van der Waals surface area contributed by atoms with Crippen molar-refractivity contribution in [1.82, 2.24) is 19.7 Å². The highest BCUT2D eigenvalue weighted by atomic mass is 32.2. The standard InChI is InChI=1S/C17H22N4O2S/c1-13-6-5-7-14(10-13)16-18-19-17-21(16)11-20(12-24-17)9-4-2-3-8-15(22)23/h5-7,10H,2-4,8-9,11-12H2,1H3,(H,22,23). The largest absolute Gasteiger partial charge is 0.481 e. The van der Waals surface area contributed by atoms with Gasteiger partial charge in [0.15, 0.2) is 11.0 Å². The minimum Gasteiger partial charge on any atom is -0.481 e. The van der Waals surface area contributed by atoms with Gasteiger partial charge in [0.1, 0.15) is 0 Å². The summed E-state index contributed by atoms with van der Waals surface area (Å²) < 4.78 is 2.17. The molecule has 2 heterocycles. The third-order valence-corrected chi connectivity index (χ3v) is 5.13. The van der Waals surface area contributed by atoms with Crippen LogP contribution < -0.4 is 0 Å². The van der Waals surface area contributed by atoms with Crippen LogP contribution in [0.2, 0.25) is 0 Å². The number of rotatable bonds is 7. The van der Waals surface area contributed by atoms with Crippen molar-refractivity contribution in [1.29, 1.82) is 0 Å². The summed E-state index contributed by atoms with van der Waals surface area (Å²) in [5, 5.41) is 18.3. The summed E-state index contributed by atoms with van der Waals surface area (Å²) in [5.74, 6) is 1.11. The molecule has 1 aliphatic heterocycles. The lowest BCUT2D eigenvalue weighted by atomic mass is 10.1. The Bertz CT molecular complexity index is 716. The molecule has 6 nitrogen and oxygen atoms in total. The molecular formula is C17H22N4O2S. The van der Waals surface area contributed by atoms with Crippen LogP contribution >= 0.6 is 11.8 Å². The second-order valence-electron chi connectivity index (χ2n) is 6.12. The highest BCUT2D eigenvalue weighted by molar-refractivity contribution is 7.99. The number of hydrogen-bond acceptors (Lipinski definition) is 5. The van der Waals surface area contributed by atoms with E-state index in [9.17, 15) is 4.79 Å². The number of fused-ring (bicyclic) bond motifs is 1. The van der Waals surface area contributed by atoms with E-state index in [1.807, 2.05) is 6.07 Å². The molecule has 0 saturated carbocycles. The minimum absolute atomic E-state index is 0.266. The van der Waals surface area contributed by atoms with Crippen LogP contribution in [0.25, 0.3) is 11.4 Å². The van der Waals surface area contributed by atoms with Crippen LogP contribution in [0.1, 0.15) is 31.2 Å². The topological polar surface area (TPSA) is 71.2 Å². The molecule has 1 N–H and O–H groups in total. The van der Waals surface area contributed by atoms with E-state index in [0.29, 0.717) is 0 Å². The van der Waals surface area contributed by atoms with Crippen LogP contribution in [0.5, 0.6) is 0 Å². The summed E-state index contributed by atoms with van der Waals surface area (Å²) in [4.78, 5) is 12.9. The van der Waals surface area contributed by atoms with Crippen LogP contribution in [0.4, 0.5) is 0 Å². The number of carboxylic acid groups (broad SMARTS) is 1. The monoisotopic (exact) mass is 346 g/mol. The number of aryl methyl sites for hydroxylation is 1. The van der Waals surface area contributed by atoms with Crippen molar-refractivity contribution in [2.75, 3.05) is 12.4 Å². The van der Waals surface area contributed by atoms with Crippen LogP contribution in [-0.4, -0.2) is 43.2 Å². The van der Waals surface area contributed by atoms with E-state index < -0.39 is 5.97 Å². The van der Waals surface area contributed by atoms with Crippen LogP contribution in [0.3, 0.4) is 0 Å². The van der Waals surface area contributed by atoms with E-state index in [0.717, 1.165) is 54.9 Å². The fraction of sp³-hybridized carbons (Fsp3) is 0.471. The van der Waals surface area contributed by atoms with Crippen LogP contribution in [0.15, 0.2) is 29.4 Å². The molecule has 0 saturated heterocycles. The number of nitrogens with zero attached hydrogens (tertiary/aromatic N) is 4. The molecule has 7 heteroatoms. The van der Waals surface area contributed by atoms with Gasteiger partial charge in [0.2, 0.25) is 0 Å². The average Bonchev–Trinajstić information content (AvgIpc) is 2.97. The lowest BCUT2D eigenvalue weighted by Gasteiger charge is -2.27. The van der Waals surface area contributed by atoms with Crippen LogP contribution in [0, 0.1) is 6.92 Å². The minimum atomic E-state index is -0.708. The van der Waals surface area contributed by atoms with Gasteiger partial charge >= 0.3 is 5.97 Å². The zero-order valence-electron chi connectivity index (χ0n) is 13.8. The maximum atomic E-state index is 10.5. The Morgan fingerprint density at radius 2 is 2.17 bits per heavy atom. The van der Waals surface area contributed by atoms with Crippen molar-refractivity contribution < 1.29 is 9.90 Å². The number of benzene rings is 1. The summed E-state index contributed by atoms with van der Waals surface area (Å²) in [6, 6.07) is 8.32. The molecule has 128 valence electrons. The Labute approximate surface area is 145 Å². The smallest absolute Gasteiger partial charge is 0.303 e. The molecule has 1 aromatic carbocycles. The molecule has 0 unspecified atom stereocenters. The van der Waals surface area contributed by atoms with E-state index >= 15 is 0 Å².